The fourth-order valence-electron chi connectivity index (χ4n) is 3.92. The minimum absolute atomic E-state index is 0.0310. The quantitative estimate of drug-likeness (QED) is 0.726. The number of thiazole rings is 1. The number of carbonyl (C=O) groups excluding carboxylic acids is 2. The number of hydrogen-bond donors (Lipinski definition) is 2. The predicted molar refractivity (Wildman–Crippen MR) is 109 cm³/mol. The average Bonchev–Trinajstić information content (AvgIpc) is 3.40. The van der Waals surface area contributed by atoms with Gasteiger partial charge in [0.05, 0.1) is 6.04 Å². The van der Waals surface area contributed by atoms with Crippen molar-refractivity contribution in [3.05, 3.63) is 39.8 Å². The summed E-state index contributed by atoms with van der Waals surface area (Å²) in [6, 6.07) is 5.73. The van der Waals surface area contributed by atoms with Gasteiger partial charge in [-0.05, 0) is 50.8 Å². The number of aryl methyl sites for hydroxylation is 1. The molecule has 2 N–H and O–H groups in total. The topological polar surface area (TPSA) is 89.5 Å². The lowest BCUT2D eigenvalue weighted by molar-refractivity contribution is -0.123. The van der Waals surface area contributed by atoms with Crippen molar-refractivity contribution < 1.29 is 19.1 Å². The maximum absolute atomic E-state index is 12.5. The Kier molecular flexibility index (Phi) is 5.45. The van der Waals surface area contributed by atoms with E-state index in [0.29, 0.717) is 25.7 Å². The van der Waals surface area contributed by atoms with Gasteiger partial charge in [0.15, 0.2) is 11.5 Å². The van der Waals surface area contributed by atoms with E-state index in [1.165, 1.54) is 0 Å². The highest BCUT2D eigenvalue weighted by atomic mass is 32.1. The molecule has 8 heteroatoms. The van der Waals surface area contributed by atoms with Crippen molar-refractivity contribution in [2.45, 2.75) is 57.5 Å². The third-order valence-corrected chi connectivity index (χ3v) is 6.58. The summed E-state index contributed by atoms with van der Waals surface area (Å²) < 4.78 is 10.8. The summed E-state index contributed by atoms with van der Waals surface area (Å²) in [6.45, 7) is 4.12. The Labute approximate surface area is 173 Å². The average molecular weight is 416 g/mol. The van der Waals surface area contributed by atoms with E-state index in [-0.39, 0.29) is 24.6 Å². The third kappa shape index (κ3) is 4.53. The smallest absolute Gasteiger partial charge is 0.231 e. The van der Waals surface area contributed by atoms with E-state index in [4.69, 9.17) is 9.47 Å². The molecule has 2 aliphatic heterocycles. The lowest BCUT2D eigenvalue weighted by atomic mass is 9.85. The minimum Gasteiger partial charge on any atom is -0.454 e. The van der Waals surface area contributed by atoms with E-state index in [9.17, 15) is 9.59 Å². The summed E-state index contributed by atoms with van der Waals surface area (Å²) in [5.74, 6) is 1.48. The zero-order valence-corrected chi connectivity index (χ0v) is 17.4. The number of rotatable bonds is 7. The lowest BCUT2D eigenvalue weighted by Crippen LogP contribution is -2.44. The van der Waals surface area contributed by atoms with Crippen LogP contribution in [0, 0.1) is 6.92 Å². The molecule has 7 nitrogen and oxygen atoms in total. The molecule has 0 spiro atoms. The van der Waals surface area contributed by atoms with E-state index in [2.05, 4.69) is 15.6 Å². The molecular formula is C21H25N3O4S. The molecule has 0 aliphatic carbocycles. The van der Waals surface area contributed by atoms with Crippen molar-refractivity contribution in [2.75, 3.05) is 6.79 Å². The second-order valence-electron chi connectivity index (χ2n) is 7.81. The van der Waals surface area contributed by atoms with Gasteiger partial charge in [-0.2, -0.15) is 0 Å². The molecule has 1 saturated heterocycles. The number of nitrogens with one attached hydrogen (secondary N) is 2. The molecule has 1 aromatic carbocycles. The molecule has 1 fully saturated rings. The molecule has 2 unspecified atom stereocenters. The summed E-state index contributed by atoms with van der Waals surface area (Å²) in [7, 11) is 0. The number of fused-ring (bicyclic) bond motifs is 1. The van der Waals surface area contributed by atoms with Crippen LogP contribution in [-0.4, -0.2) is 29.1 Å². The number of benzene rings is 1. The second-order valence-corrected chi connectivity index (χ2v) is 8.70. The second kappa shape index (κ2) is 8.02. The number of nitrogens with zero attached hydrogens (tertiary/aromatic N) is 1. The van der Waals surface area contributed by atoms with Crippen molar-refractivity contribution in [1.29, 1.82) is 0 Å². The van der Waals surface area contributed by atoms with Crippen molar-refractivity contribution in [2.24, 2.45) is 0 Å². The number of aromatic nitrogens is 1. The van der Waals surface area contributed by atoms with Gasteiger partial charge in [0.1, 0.15) is 5.01 Å². The Morgan fingerprint density at radius 1 is 1.38 bits per heavy atom. The molecule has 2 atom stereocenters. The van der Waals surface area contributed by atoms with Gasteiger partial charge in [-0.15, -0.1) is 11.3 Å². The Morgan fingerprint density at radius 2 is 2.21 bits per heavy atom. The SMILES string of the molecule is Cc1csc(C(C)NC(=O)CCC2(Cc3ccc4c(c3)OCO4)CCC(=O)N2)n1. The first kappa shape index (κ1) is 19.7. The van der Waals surface area contributed by atoms with Crippen LogP contribution < -0.4 is 20.1 Å². The number of ether oxygens (including phenoxy) is 2. The first-order chi connectivity index (χ1) is 13.9. The third-order valence-electron chi connectivity index (χ3n) is 5.43. The van der Waals surface area contributed by atoms with Crippen LogP contribution in [0.25, 0.3) is 0 Å². The van der Waals surface area contributed by atoms with Crippen LogP contribution in [0.15, 0.2) is 23.6 Å². The van der Waals surface area contributed by atoms with Gasteiger partial charge >= 0.3 is 0 Å². The summed E-state index contributed by atoms with van der Waals surface area (Å²) in [5, 5.41) is 9.03. The first-order valence-corrected chi connectivity index (χ1v) is 10.7. The van der Waals surface area contributed by atoms with Crippen molar-refractivity contribution in [1.82, 2.24) is 15.6 Å². The van der Waals surface area contributed by atoms with E-state index < -0.39 is 5.54 Å². The number of amides is 2. The van der Waals surface area contributed by atoms with Gasteiger partial charge in [0.2, 0.25) is 18.6 Å². The van der Waals surface area contributed by atoms with Crippen molar-refractivity contribution >= 4 is 23.2 Å². The maximum Gasteiger partial charge on any atom is 0.231 e. The maximum atomic E-state index is 12.5. The number of hydrogen-bond acceptors (Lipinski definition) is 6. The van der Waals surface area contributed by atoms with Gasteiger partial charge in [-0.3, -0.25) is 9.59 Å². The highest BCUT2D eigenvalue weighted by molar-refractivity contribution is 7.09. The molecule has 154 valence electrons. The molecular weight excluding hydrogens is 390 g/mol. The Morgan fingerprint density at radius 3 is 2.93 bits per heavy atom. The summed E-state index contributed by atoms with van der Waals surface area (Å²) in [6.07, 6.45) is 2.79. The molecule has 0 bridgehead atoms. The van der Waals surface area contributed by atoms with Crippen LogP contribution >= 0.6 is 11.3 Å². The zero-order valence-electron chi connectivity index (χ0n) is 16.6. The molecule has 3 heterocycles. The monoisotopic (exact) mass is 415 g/mol. The number of carbonyl (C=O) groups is 2. The molecule has 4 rings (SSSR count). The highest BCUT2D eigenvalue weighted by Crippen LogP contribution is 2.36. The molecule has 1 aromatic heterocycles. The fourth-order valence-corrected chi connectivity index (χ4v) is 4.73. The molecule has 2 aromatic rings. The van der Waals surface area contributed by atoms with Crippen LogP contribution in [0.2, 0.25) is 0 Å². The van der Waals surface area contributed by atoms with E-state index >= 15 is 0 Å². The Balaban J connectivity index is 1.39. The summed E-state index contributed by atoms with van der Waals surface area (Å²) >= 11 is 1.55. The first-order valence-electron chi connectivity index (χ1n) is 9.83. The lowest BCUT2D eigenvalue weighted by Gasteiger charge is -2.29. The Bertz CT molecular complexity index is 928. The fraction of sp³-hybridized carbons (Fsp3) is 0.476. The molecule has 0 radical (unpaired) electrons. The van der Waals surface area contributed by atoms with Gasteiger partial charge < -0.3 is 20.1 Å². The van der Waals surface area contributed by atoms with Crippen LogP contribution in [0.5, 0.6) is 11.5 Å². The molecule has 2 aliphatic rings. The van der Waals surface area contributed by atoms with Crippen molar-refractivity contribution in [3.63, 3.8) is 0 Å². The van der Waals surface area contributed by atoms with Crippen LogP contribution in [0.4, 0.5) is 0 Å². The van der Waals surface area contributed by atoms with Gasteiger partial charge in [-0.1, -0.05) is 6.07 Å². The summed E-state index contributed by atoms with van der Waals surface area (Å²) in [4.78, 5) is 29.0. The Hall–Kier alpha value is -2.61. The highest BCUT2D eigenvalue weighted by Gasteiger charge is 2.38. The van der Waals surface area contributed by atoms with E-state index in [1.54, 1.807) is 11.3 Å². The summed E-state index contributed by atoms with van der Waals surface area (Å²) in [5.41, 5.74) is 1.61. The zero-order chi connectivity index (χ0) is 20.4. The van der Waals surface area contributed by atoms with E-state index in [0.717, 1.165) is 34.2 Å². The van der Waals surface area contributed by atoms with Gasteiger partial charge in [0.25, 0.3) is 0 Å². The standard InChI is InChI=1S/C21H25N3O4S/c1-13-11-29-20(22-13)14(2)23-18(25)5-7-21(8-6-19(26)24-21)10-15-3-4-16-17(9-15)28-12-27-16/h3-4,9,11,14H,5-8,10,12H2,1-2H3,(H,23,25)(H,24,26). The molecule has 29 heavy (non-hydrogen) atoms. The van der Waals surface area contributed by atoms with Crippen LogP contribution in [0.1, 0.15) is 54.9 Å². The molecule has 0 saturated carbocycles. The van der Waals surface area contributed by atoms with Gasteiger partial charge in [-0.25, -0.2) is 4.98 Å². The van der Waals surface area contributed by atoms with Gasteiger partial charge in [0, 0.05) is 29.5 Å². The minimum atomic E-state index is -0.414. The van der Waals surface area contributed by atoms with Crippen LogP contribution in [-0.2, 0) is 16.0 Å². The van der Waals surface area contributed by atoms with E-state index in [1.807, 2.05) is 37.4 Å². The molecule has 2 amide bonds. The predicted octanol–water partition coefficient (Wildman–Crippen LogP) is 3.03. The normalized spacial score (nSPS) is 21.1. The van der Waals surface area contributed by atoms with Crippen LogP contribution in [0.3, 0.4) is 0 Å². The van der Waals surface area contributed by atoms with Crippen molar-refractivity contribution in [3.8, 4) is 11.5 Å². The largest absolute Gasteiger partial charge is 0.454 e.